The number of hydrogen-bond donors (Lipinski definition) is 1. The van der Waals surface area contributed by atoms with E-state index < -0.39 is 28.6 Å². The summed E-state index contributed by atoms with van der Waals surface area (Å²) in [5.41, 5.74) is 0.246. The van der Waals surface area contributed by atoms with Gasteiger partial charge in [0.2, 0.25) is 5.89 Å². The monoisotopic (exact) mass is 716 g/mol. The maximum atomic E-state index is 14.8. The van der Waals surface area contributed by atoms with Crippen molar-refractivity contribution < 1.29 is 33.0 Å². The molecular formula is C43H57FN2O6. The highest BCUT2D eigenvalue weighted by molar-refractivity contribution is 6.01. The maximum Gasteiger partial charge on any atom is 0.309 e. The number of Topliss-reactive ketones (excluding diaryl/α,β-unsaturated/α-hetero) is 1. The van der Waals surface area contributed by atoms with Crippen molar-refractivity contribution in [2.75, 3.05) is 0 Å². The summed E-state index contributed by atoms with van der Waals surface area (Å²) in [4.78, 5) is 38.9. The molecule has 7 rings (SSSR count). The molecule has 1 aromatic heterocycles. The lowest BCUT2D eigenvalue weighted by Gasteiger charge is -2.72. The fraction of sp³-hybridized carbons (Fsp3) is 0.698. The van der Waals surface area contributed by atoms with Crippen molar-refractivity contribution >= 4 is 17.7 Å². The van der Waals surface area contributed by atoms with Crippen LogP contribution in [0.5, 0.6) is 0 Å². The zero-order valence-corrected chi connectivity index (χ0v) is 32.5. The topological polar surface area (TPSA) is 120 Å². The fourth-order valence-corrected chi connectivity index (χ4v) is 12.9. The van der Waals surface area contributed by atoms with E-state index in [2.05, 4.69) is 58.7 Å². The third-order valence-electron chi connectivity index (χ3n) is 15.7. The number of carboxylic acids is 1. The summed E-state index contributed by atoms with van der Waals surface area (Å²) in [6, 6.07) is 6.43. The second-order valence-electron chi connectivity index (χ2n) is 19.4. The van der Waals surface area contributed by atoms with Gasteiger partial charge in [-0.25, -0.2) is 4.39 Å². The van der Waals surface area contributed by atoms with Crippen molar-refractivity contribution in [3.63, 3.8) is 0 Å². The lowest BCUT2D eigenvalue weighted by molar-refractivity contribution is -0.232. The molecule has 0 saturated heterocycles. The minimum absolute atomic E-state index is 0.00628. The molecule has 4 fully saturated rings. The van der Waals surface area contributed by atoms with Gasteiger partial charge in [-0.2, -0.15) is 0 Å². The molecule has 2 aromatic rings. The molecule has 0 radical (unpaired) electrons. The van der Waals surface area contributed by atoms with Crippen LogP contribution >= 0.6 is 0 Å². The van der Waals surface area contributed by atoms with Crippen molar-refractivity contribution in [3.05, 3.63) is 47.1 Å². The number of carboxylic acid groups (broad SMARTS) is 1. The van der Waals surface area contributed by atoms with Gasteiger partial charge in [0.25, 0.3) is 5.89 Å². The molecule has 8 nitrogen and oxygen atoms in total. The number of nitrogens with zero attached hydrogens (tertiary/aromatic N) is 2. The van der Waals surface area contributed by atoms with Crippen LogP contribution in [0.25, 0.3) is 11.5 Å². The van der Waals surface area contributed by atoms with Gasteiger partial charge in [0, 0.05) is 11.8 Å². The van der Waals surface area contributed by atoms with E-state index in [0.29, 0.717) is 24.1 Å². The minimum atomic E-state index is -1.18. The second kappa shape index (κ2) is 12.1. The van der Waals surface area contributed by atoms with Crippen LogP contribution in [-0.4, -0.2) is 39.1 Å². The first-order valence-electron chi connectivity index (χ1n) is 19.5. The fourth-order valence-electron chi connectivity index (χ4n) is 12.9. The average Bonchev–Trinajstić information content (AvgIpc) is 3.66. The number of hydrogen-bond acceptors (Lipinski definition) is 7. The van der Waals surface area contributed by atoms with Crippen LogP contribution < -0.4 is 0 Å². The van der Waals surface area contributed by atoms with Crippen LogP contribution in [0.1, 0.15) is 132 Å². The molecule has 0 amide bonds. The number of carbonyl (C=O) groups excluding carboxylic acids is 2. The van der Waals surface area contributed by atoms with E-state index in [1.165, 1.54) is 11.6 Å². The molecule has 1 N–H and O–H groups in total. The first-order chi connectivity index (χ1) is 24.2. The highest BCUT2D eigenvalue weighted by Gasteiger charge is 2.71. The third kappa shape index (κ3) is 5.13. The molecule has 9 heteroatoms. The number of fused-ring (bicyclic) bond motifs is 7. The van der Waals surface area contributed by atoms with Crippen LogP contribution in [0.2, 0.25) is 0 Å². The molecule has 0 aliphatic heterocycles. The molecular weight excluding hydrogens is 659 g/mol. The van der Waals surface area contributed by atoms with Crippen LogP contribution in [-0.2, 0) is 24.5 Å². The highest BCUT2D eigenvalue weighted by atomic mass is 19.1. The number of ketones is 1. The van der Waals surface area contributed by atoms with Gasteiger partial charge in [-0.15, -0.1) is 10.2 Å². The predicted octanol–water partition coefficient (Wildman–Crippen LogP) is 9.52. The quantitative estimate of drug-likeness (QED) is 0.282. The zero-order chi connectivity index (χ0) is 37.8. The molecule has 5 aliphatic carbocycles. The van der Waals surface area contributed by atoms with Gasteiger partial charge in [-0.3, -0.25) is 14.4 Å². The van der Waals surface area contributed by atoms with E-state index in [4.69, 9.17) is 9.15 Å². The number of aliphatic carboxylic acids is 1. The van der Waals surface area contributed by atoms with Gasteiger partial charge in [0.1, 0.15) is 11.9 Å². The lowest BCUT2D eigenvalue weighted by atomic mass is 9.33. The minimum Gasteiger partial charge on any atom is -0.481 e. The number of esters is 1. The van der Waals surface area contributed by atoms with Gasteiger partial charge in [-0.1, -0.05) is 60.6 Å². The summed E-state index contributed by atoms with van der Waals surface area (Å²) in [5.74, 6) is -0.0659. The van der Waals surface area contributed by atoms with E-state index in [9.17, 15) is 23.9 Å². The van der Waals surface area contributed by atoms with Gasteiger partial charge in [0.05, 0.1) is 22.8 Å². The summed E-state index contributed by atoms with van der Waals surface area (Å²) in [7, 11) is 0. The van der Waals surface area contributed by atoms with Gasteiger partial charge >= 0.3 is 11.9 Å². The summed E-state index contributed by atoms with van der Waals surface area (Å²) in [5, 5.41) is 18.5. The lowest BCUT2D eigenvalue weighted by Crippen LogP contribution is -2.66. The normalized spacial score (nSPS) is 36.9. The second-order valence-corrected chi connectivity index (χ2v) is 19.4. The number of aromatic nitrogens is 2. The third-order valence-corrected chi connectivity index (χ3v) is 15.7. The molecule has 8 atom stereocenters. The Morgan fingerprint density at radius 2 is 1.67 bits per heavy atom. The number of allylic oxidation sites excluding steroid dienone is 2. The maximum absolute atomic E-state index is 14.8. The van der Waals surface area contributed by atoms with Gasteiger partial charge in [0.15, 0.2) is 5.78 Å². The Kier molecular flexibility index (Phi) is 8.59. The van der Waals surface area contributed by atoms with E-state index in [-0.39, 0.29) is 63.3 Å². The van der Waals surface area contributed by atoms with E-state index in [1.807, 2.05) is 0 Å². The molecule has 5 aliphatic rings. The largest absolute Gasteiger partial charge is 0.481 e. The molecule has 1 heterocycles. The highest BCUT2D eigenvalue weighted by Crippen LogP contribution is 2.76. The van der Waals surface area contributed by atoms with Crippen LogP contribution in [0, 0.1) is 56.6 Å². The average molecular weight is 717 g/mol. The summed E-state index contributed by atoms with van der Waals surface area (Å²) in [6.45, 7) is 19.4. The van der Waals surface area contributed by atoms with E-state index in [0.717, 1.165) is 56.9 Å². The Morgan fingerprint density at radius 3 is 2.35 bits per heavy atom. The van der Waals surface area contributed by atoms with Crippen LogP contribution in [0.15, 0.2) is 39.8 Å². The standard InChI is InChI=1S/C43H57FN2O6/c1-24(2)33-28(47)22-43(36-46-45-35(52-36)25-12-10-11-13-27(25)44)21-20-41(8)26(34(33)43)14-15-30-40(7)18-17-31(51-32(48)23-38(3,4)37(49)50)39(5,6)29(40)16-19-42(30,41)9/h10-13,24,26,29-31H,14-23H2,1-9H3,(H,49,50)/t26?,29-,30+,31-,40-,41+,42+,43+/m0/s1. The van der Waals surface area contributed by atoms with Crippen molar-refractivity contribution in [1.82, 2.24) is 10.2 Å². The van der Waals surface area contributed by atoms with Crippen molar-refractivity contribution in [2.24, 2.45) is 50.7 Å². The Morgan fingerprint density at radius 1 is 0.962 bits per heavy atom. The smallest absolute Gasteiger partial charge is 0.309 e. The van der Waals surface area contributed by atoms with Crippen molar-refractivity contribution in [2.45, 2.75) is 138 Å². The SMILES string of the molecule is CC(C)C1=C2C3CC[C@@H]4[C@@]5(C)CC[C@H](OC(=O)CC(C)(C)C(=O)O)C(C)(C)[C@@H]5CC[C@@]4(C)[C@]3(C)CC[C@@]2(c2nnc(-c3ccccc3F)o2)CC1=O. The van der Waals surface area contributed by atoms with E-state index in [1.54, 1.807) is 32.0 Å². The van der Waals surface area contributed by atoms with Crippen LogP contribution in [0.3, 0.4) is 0 Å². The molecule has 1 aromatic carbocycles. The Hall–Kier alpha value is -3.36. The molecule has 282 valence electrons. The number of carbonyl (C=O) groups is 3. The number of ether oxygens (including phenoxy) is 1. The first kappa shape index (κ1) is 37.0. The summed E-state index contributed by atoms with van der Waals surface area (Å²) >= 11 is 0. The predicted molar refractivity (Wildman–Crippen MR) is 194 cm³/mol. The van der Waals surface area contributed by atoms with Crippen molar-refractivity contribution in [1.29, 1.82) is 0 Å². The Labute approximate surface area is 307 Å². The summed E-state index contributed by atoms with van der Waals surface area (Å²) in [6.07, 6.45) is 7.34. The number of halogens is 1. The van der Waals surface area contributed by atoms with Crippen LogP contribution in [0.4, 0.5) is 4.39 Å². The number of benzene rings is 1. The number of rotatable bonds is 7. The van der Waals surface area contributed by atoms with Crippen molar-refractivity contribution in [3.8, 4) is 11.5 Å². The van der Waals surface area contributed by atoms with E-state index >= 15 is 0 Å². The molecule has 4 saturated carbocycles. The Balaban J connectivity index is 1.21. The summed E-state index contributed by atoms with van der Waals surface area (Å²) < 4.78 is 27.4. The molecule has 0 bridgehead atoms. The van der Waals surface area contributed by atoms with Gasteiger partial charge < -0.3 is 14.3 Å². The molecule has 52 heavy (non-hydrogen) atoms. The first-order valence-corrected chi connectivity index (χ1v) is 19.5. The zero-order valence-electron chi connectivity index (χ0n) is 32.5. The molecule has 0 spiro atoms. The van der Waals surface area contributed by atoms with Gasteiger partial charge in [-0.05, 0) is 128 Å². The molecule has 1 unspecified atom stereocenters. The Bertz CT molecular complexity index is 1840.